The van der Waals surface area contributed by atoms with Crippen molar-refractivity contribution >= 4 is 12.4 Å². The SMILES string of the molecule is COc1ccc(CCN(C)CCC[C@@](C#N)(c2cc(OC)c(OC)c(OC)c2)C(C)C)cc1OC.Cl. The van der Waals surface area contributed by atoms with Crippen LogP contribution in [0.2, 0.25) is 0 Å². The number of rotatable bonds is 14. The van der Waals surface area contributed by atoms with Gasteiger partial charge in [-0.05, 0) is 74.2 Å². The highest BCUT2D eigenvalue weighted by atomic mass is 35.5. The van der Waals surface area contributed by atoms with Gasteiger partial charge in [-0.15, -0.1) is 12.4 Å². The van der Waals surface area contributed by atoms with Gasteiger partial charge in [0, 0.05) is 6.54 Å². The summed E-state index contributed by atoms with van der Waals surface area (Å²) in [6.45, 7) is 5.97. The van der Waals surface area contributed by atoms with Crippen LogP contribution in [0.3, 0.4) is 0 Å². The molecule has 1 atom stereocenters. The second-order valence-electron chi connectivity index (χ2n) is 9.00. The van der Waals surface area contributed by atoms with Crippen molar-refractivity contribution in [2.24, 2.45) is 5.92 Å². The summed E-state index contributed by atoms with van der Waals surface area (Å²) in [6, 6.07) is 12.5. The molecule has 0 aliphatic rings. The van der Waals surface area contributed by atoms with E-state index >= 15 is 0 Å². The Balaban J connectivity index is 0.00000648. The van der Waals surface area contributed by atoms with Gasteiger partial charge in [0.2, 0.25) is 5.75 Å². The molecule has 8 heteroatoms. The summed E-state index contributed by atoms with van der Waals surface area (Å²) in [4.78, 5) is 2.30. The fourth-order valence-corrected chi connectivity index (χ4v) is 4.45. The number of nitrogens with zero attached hydrogens (tertiary/aromatic N) is 2. The highest BCUT2D eigenvalue weighted by Gasteiger charge is 2.37. The molecule has 0 radical (unpaired) electrons. The number of likely N-dealkylation sites (N-methyl/N-ethyl adjacent to an activating group) is 1. The lowest BCUT2D eigenvalue weighted by atomic mass is 9.69. The molecule has 2 aromatic rings. The molecule has 0 fully saturated rings. The normalized spacial score (nSPS) is 12.4. The van der Waals surface area contributed by atoms with Gasteiger partial charge in [0.1, 0.15) is 0 Å². The number of halogens is 1. The van der Waals surface area contributed by atoms with E-state index in [4.69, 9.17) is 23.7 Å². The number of benzene rings is 2. The minimum atomic E-state index is -0.670. The van der Waals surface area contributed by atoms with Crippen molar-refractivity contribution in [3.8, 4) is 34.8 Å². The molecule has 0 aromatic heterocycles. The zero-order valence-electron chi connectivity index (χ0n) is 22.8. The van der Waals surface area contributed by atoms with E-state index in [1.807, 2.05) is 24.3 Å². The van der Waals surface area contributed by atoms with Crippen LogP contribution in [-0.2, 0) is 11.8 Å². The van der Waals surface area contributed by atoms with E-state index in [1.165, 1.54) is 5.56 Å². The first-order chi connectivity index (χ1) is 16.8. The molecule has 0 saturated carbocycles. The van der Waals surface area contributed by atoms with E-state index in [1.54, 1.807) is 35.5 Å². The van der Waals surface area contributed by atoms with Crippen LogP contribution in [0.25, 0.3) is 0 Å². The average molecular weight is 521 g/mol. The summed E-state index contributed by atoms with van der Waals surface area (Å²) in [5, 5.41) is 10.4. The number of methoxy groups -OCH3 is 5. The van der Waals surface area contributed by atoms with Gasteiger partial charge in [-0.25, -0.2) is 0 Å². The lowest BCUT2D eigenvalue weighted by Gasteiger charge is -2.33. The largest absolute Gasteiger partial charge is 0.493 e. The zero-order valence-corrected chi connectivity index (χ0v) is 23.7. The van der Waals surface area contributed by atoms with Gasteiger partial charge in [0.15, 0.2) is 23.0 Å². The van der Waals surface area contributed by atoms with E-state index in [2.05, 4.69) is 37.9 Å². The van der Waals surface area contributed by atoms with E-state index < -0.39 is 5.41 Å². The second kappa shape index (κ2) is 14.7. The van der Waals surface area contributed by atoms with Crippen LogP contribution < -0.4 is 23.7 Å². The van der Waals surface area contributed by atoms with Crippen molar-refractivity contribution < 1.29 is 23.7 Å². The standard InChI is InChI=1S/C28H40N2O5.ClH/c1-20(2)28(19-29,22-17-25(33-6)27(35-8)26(18-22)34-7)13-9-14-30(3)15-12-21-10-11-23(31-4)24(16-21)32-5;/h10-11,16-18,20H,9,12-15H2,1-8H3;1H/t28-;/m0./s1. The lowest BCUT2D eigenvalue weighted by Crippen LogP contribution is -2.32. The lowest BCUT2D eigenvalue weighted by molar-refractivity contribution is 0.290. The summed E-state index contributed by atoms with van der Waals surface area (Å²) >= 11 is 0. The molecule has 200 valence electrons. The van der Waals surface area contributed by atoms with Gasteiger partial charge >= 0.3 is 0 Å². The molecule has 36 heavy (non-hydrogen) atoms. The number of hydrogen-bond donors (Lipinski definition) is 0. The van der Waals surface area contributed by atoms with Gasteiger partial charge in [0.25, 0.3) is 0 Å². The Bertz CT molecular complexity index is 983. The van der Waals surface area contributed by atoms with Crippen LogP contribution in [-0.4, -0.2) is 60.6 Å². The minimum Gasteiger partial charge on any atom is -0.493 e. The molecular weight excluding hydrogens is 480 g/mol. The van der Waals surface area contributed by atoms with Crippen molar-refractivity contribution in [2.75, 3.05) is 55.7 Å². The molecule has 0 aliphatic heterocycles. The zero-order chi connectivity index (χ0) is 26.0. The van der Waals surface area contributed by atoms with E-state index in [0.29, 0.717) is 17.2 Å². The fraction of sp³-hybridized carbons (Fsp3) is 0.536. The first-order valence-corrected chi connectivity index (χ1v) is 11.9. The topological polar surface area (TPSA) is 73.2 Å². The summed E-state index contributed by atoms with van der Waals surface area (Å²) in [5.74, 6) is 3.24. The molecule has 0 unspecified atom stereocenters. The molecule has 0 aliphatic carbocycles. The highest BCUT2D eigenvalue weighted by Crippen LogP contribution is 2.45. The maximum atomic E-state index is 10.4. The summed E-state index contributed by atoms with van der Waals surface area (Å²) < 4.78 is 27.3. The Hall–Kier alpha value is -2.82. The van der Waals surface area contributed by atoms with Crippen LogP contribution >= 0.6 is 12.4 Å². The van der Waals surface area contributed by atoms with Crippen molar-refractivity contribution in [1.29, 1.82) is 5.26 Å². The molecule has 0 spiro atoms. The third-order valence-corrected chi connectivity index (χ3v) is 6.71. The molecule has 0 N–H and O–H groups in total. The van der Waals surface area contributed by atoms with Crippen LogP contribution in [0.5, 0.6) is 28.7 Å². The Kier molecular flexibility index (Phi) is 12.7. The van der Waals surface area contributed by atoms with Gasteiger partial charge in [-0.2, -0.15) is 5.26 Å². The molecule has 0 amide bonds. The average Bonchev–Trinajstić information content (AvgIpc) is 2.88. The van der Waals surface area contributed by atoms with Gasteiger partial charge < -0.3 is 28.6 Å². The minimum absolute atomic E-state index is 0. The first-order valence-electron chi connectivity index (χ1n) is 11.9. The quantitative estimate of drug-likeness (QED) is 0.324. The fourth-order valence-electron chi connectivity index (χ4n) is 4.45. The Morgan fingerprint density at radius 1 is 0.833 bits per heavy atom. The summed E-state index contributed by atoms with van der Waals surface area (Å²) in [6.07, 6.45) is 2.50. The summed E-state index contributed by atoms with van der Waals surface area (Å²) in [7, 11) is 10.2. The van der Waals surface area contributed by atoms with Crippen LogP contribution in [0.1, 0.15) is 37.8 Å². The Morgan fingerprint density at radius 3 is 1.89 bits per heavy atom. The first kappa shape index (κ1) is 31.2. The third-order valence-electron chi connectivity index (χ3n) is 6.71. The van der Waals surface area contributed by atoms with Crippen molar-refractivity contribution in [3.63, 3.8) is 0 Å². The molecule has 0 heterocycles. The predicted octanol–water partition coefficient (Wildman–Crippen LogP) is 5.52. The molecule has 7 nitrogen and oxygen atoms in total. The number of nitriles is 1. The van der Waals surface area contributed by atoms with E-state index in [-0.39, 0.29) is 18.3 Å². The van der Waals surface area contributed by atoms with Gasteiger partial charge in [0.05, 0.1) is 47.0 Å². The summed E-state index contributed by atoms with van der Waals surface area (Å²) in [5.41, 5.74) is 1.41. The van der Waals surface area contributed by atoms with Gasteiger partial charge in [-0.1, -0.05) is 19.9 Å². The molecule has 2 aromatic carbocycles. The maximum absolute atomic E-state index is 10.4. The van der Waals surface area contributed by atoms with Crippen LogP contribution in [0.15, 0.2) is 30.3 Å². The monoisotopic (exact) mass is 520 g/mol. The maximum Gasteiger partial charge on any atom is 0.203 e. The molecule has 0 bridgehead atoms. The van der Waals surface area contributed by atoms with Crippen molar-refractivity contribution in [1.82, 2.24) is 4.90 Å². The Morgan fingerprint density at radius 2 is 1.42 bits per heavy atom. The van der Waals surface area contributed by atoms with Crippen LogP contribution in [0, 0.1) is 17.2 Å². The van der Waals surface area contributed by atoms with Crippen molar-refractivity contribution in [2.45, 2.75) is 38.5 Å². The number of hydrogen-bond acceptors (Lipinski definition) is 7. The van der Waals surface area contributed by atoms with Crippen LogP contribution in [0.4, 0.5) is 0 Å². The molecular formula is C28H41ClN2O5. The van der Waals surface area contributed by atoms with E-state index in [9.17, 15) is 5.26 Å². The smallest absolute Gasteiger partial charge is 0.203 e. The molecule has 0 saturated heterocycles. The Labute approximate surface area is 222 Å². The van der Waals surface area contributed by atoms with Crippen molar-refractivity contribution in [3.05, 3.63) is 41.5 Å². The van der Waals surface area contributed by atoms with E-state index in [0.717, 1.165) is 49.4 Å². The third kappa shape index (κ3) is 7.11. The number of ether oxygens (including phenoxy) is 5. The second-order valence-corrected chi connectivity index (χ2v) is 9.00. The predicted molar refractivity (Wildman–Crippen MR) is 145 cm³/mol. The highest BCUT2D eigenvalue weighted by molar-refractivity contribution is 5.85. The van der Waals surface area contributed by atoms with Gasteiger partial charge in [-0.3, -0.25) is 0 Å². The molecule has 2 rings (SSSR count).